The number of hydrogen-bond acceptors (Lipinski definition) is 3. The van der Waals surface area contributed by atoms with Gasteiger partial charge in [-0.1, -0.05) is 23.2 Å². The molecule has 0 unspecified atom stereocenters. The molecule has 0 aliphatic carbocycles. The fourth-order valence-electron chi connectivity index (χ4n) is 0.920. The maximum atomic E-state index is 13.0. The molecule has 1 rings (SSSR count). The fourth-order valence-corrected chi connectivity index (χ4v) is 1.41. The molecule has 1 amide bonds. The number of rotatable bonds is 3. The van der Waals surface area contributed by atoms with Crippen molar-refractivity contribution in [3.8, 4) is 0 Å². The van der Waals surface area contributed by atoms with Crippen molar-refractivity contribution in [1.29, 1.82) is 0 Å². The Morgan fingerprint density at radius 2 is 2.00 bits per heavy atom. The van der Waals surface area contributed by atoms with E-state index in [9.17, 15) is 9.18 Å². The first-order valence-electron chi connectivity index (χ1n) is 4.23. The average Bonchev–Trinajstić information content (AvgIpc) is 2.23. The quantitative estimate of drug-likeness (QED) is 0.828. The molecule has 1 aromatic rings. The van der Waals surface area contributed by atoms with E-state index in [-0.39, 0.29) is 28.9 Å². The number of nitrogens with one attached hydrogen (secondary N) is 1. The van der Waals surface area contributed by atoms with Crippen molar-refractivity contribution in [2.75, 3.05) is 18.5 Å². The lowest BCUT2D eigenvalue weighted by molar-refractivity contribution is 0.131. The van der Waals surface area contributed by atoms with Gasteiger partial charge in [0.05, 0.1) is 16.7 Å². The minimum atomic E-state index is -0.784. The van der Waals surface area contributed by atoms with Crippen LogP contribution in [0, 0.1) is 5.82 Å². The van der Waals surface area contributed by atoms with E-state index in [1.807, 2.05) is 0 Å². The van der Waals surface area contributed by atoms with Gasteiger partial charge in [0.15, 0.2) is 5.82 Å². The van der Waals surface area contributed by atoms with Crippen LogP contribution in [-0.4, -0.2) is 24.4 Å². The Kier molecular flexibility index (Phi) is 4.79. The molecule has 0 spiro atoms. The number of carbonyl (C=O) groups excluding carboxylic acids is 1. The third-order valence-electron chi connectivity index (χ3n) is 1.55. The fraction of sp³-hybridized carbons (Fsp3) is 0.222. The van der Waals surface area contributed by atoms with E-state index in [0.29, 0.717) is 0 Å². The molecule has 0 heterocycles. The average molecular weight is 268 g/mol. The van der Waals surface area contributed by atoms with Gasteiger partial charge in [-0.15, -0.1) is 0 Å². The first-order valence-corrected chi connectivity index (χ1v) is 4.99. The first-order chi connectivity index (χ1) is 7.54. The van der Waals surface area contributed by atoms with Crippen LogP contribution < -0.4 is 5.32 Å². The summed E-state index contributed by atoms with van der Waals surface area (Å²) in [6, 6.07) is 2.39. The van der Waals surface area contributed by atoms with E-state index in [4.69, 9.17) is 28.3 Å². The van der Waals surface area contributed by atoms with E-state index < -0.39 is 11.9 Å². The van der Waals surface area contributed by atoms with Crippen molar-refractivity contribution in [1.82, 2.24) is 0 Å². The highest BCUT2D eigenvalue weighted by molar-refractivity contribution is 6.35. The number of halogens is 3. The Morgan fingerprint density at radius 1 is 1.44 bits per heavy atom. The van der Waals surface area contributed by atoms with Gasteiger partial charge < -0.3 is 9.84 Å². The van der Waals surface area contributed by atoms with Crippen LogP contribution in [-0.2, 0) is 4.74 Å². The number of anilines is 1. The molecule has 16 heavy (non-hydrogen) atoms. The smallest absolute Gasteiger partial charge is 0.411 e. The Labute approximate surface area is 101 Å². The van der Waals surface area contributed by atoms with E-state index in [2.05, 4.69) is 10.1 Å². The van der Waals surface area contributed by atoms with Gasteiger partial charge in [-0.25, -0.2) is 9.18 Å². The van der Waals surface area contributed by atoms with Crippen LogP contribution >= 0.6 is 23.2 Å². The van der Waals surface area contributed by atoms with Gasteiger partial charge in [0.1, 0.15) is 6.61 Å². The SMILES string of the molecule is O=C(Nc1cc(Cl)c(F)c(Cl)c1)OCCO. The number of hydrogen-bond donors (Lipinski definition) is 2. The maximum absolute atomic E-state index is 13.0. The first kappa shape index (κ1) is 13.0. The van der Waals surface area contributed by atoms with E-state index in [0.717, 1.165) is 0 Å². The Balaban J connectivity index is 2.71. The van der Waals surface area contributed by atoms with E-state index in [1.165, 1.54) is 12.1 Å². The predicted molar refractivity (Wildman–Crippen MR) is 58.5 cm³/mol. The third-order valence-corrected chi connectivity index (χ3v) is 2.10. The molecular weight excluding hydrogens is 260 g/mol. The summed E-state index contributed by atoms with van der Waals surface area (Å²) in [5, 5.41) is 10.3. The summed E-state index contributed by atoms with van der Waals surface area (Å²) in [4.78, 5) is 11.1. The van der Waals surface area contributed by atoms with Crippen molar-refractivity contribution in [3.63, 3.8) is 0 Å². The molecule has 1 aromatic carbocycles. The van der Waals surface area contributed by atoms with Gasteiger partial charge in [-0.3, -0.25) is 5.32 Å². The molecule has 0 atom stereocenters. The molecule has 0 fully saturated rings. The molecule has 0 aliphatic rings. The van der Waals surface area contributed by atoms with Crippen molar-refractivity contribution in [2.45, 2.75) is 0 Å². The molecular formula is C9H8Cl2FNO3. The van der Waals surface area contributed by atoms with Crippen molar-refractivity contribution >= 4 is 35.0 Å². The molecule has 0 aromatic heterocycles. The summed E-state index contributed by atoms with van der Waals surface area (Å²) in [5.41, 5.74) is 0.208. The standard InChI is InChI=1S/C9H8Cl2FNO3/c10-6-3-5(4-7(11)8(6)12)13-9(15)16-2-1-14/h3-4,14H,1-2H2,(H,13,15). The summed E-state index contributed by atoms with van der Waals surface area (Å²) in [6.07, 6.45) is -0.784. The maximum Gasteiger partial charge on any atom is 0.411 e. The summed E-state index contributed by atoms with van der Waals surface area (Å²) in [7, 11) is 0. The minimum Gasteiger partial charge on any atom is -0.447 e. The Hall–Kier alpha value is -1.04. The highest BCUT2D eigenvalue weighted by atomic mass is 35.5. The molecule has 0 saturated heterocycles. The second-order valence-corrected chi connectivity index (χ2v) is 3.55. The number of amides is 1. The van der Waals surface area contributed by atoms with Crippen LogP contribution in [0.3, 0.4) is 0 Å². The molecule has 88 valence electrons. The van der Waals surface area contributed by atoms with Crippen LogP contribution in [0.5, 0.6) is 0 Å². The predicted octanol–water partition coefficient (Wildman–Crippen LogP) is 2.67. The second kappa shape index (κ2) is 5.89. The van der Waals surface area contributed by atoms with Gasteiger partial charge >= 0.3 is 6.09 Å². The largest absolute Gasteiger partial charge is 0.447 e. The summed E-state index contributed by atoms with van der Waals surface area (Å²) >= 11 is 11.0. The van der Waals surface area contributed by atoms with Crippen molar-refractivity contribution in [3.05, 3.63) is 28.0 Å². The Morgan fingerprint density at radius 3 is 2.50 bits per heavy atom. The molecule has 0 radical (unpaired) electrons. The number of ether oxygens (including phenoxy) is 1. The van der Waals surface area contributed by atoms with Crippen LogP contribution in [0.1, 0.15) is 0 Å². The van der Waals surface area contributed by atoms with Crippen molar-refractivity contribution in [2.24, 2.45) is 0 Å². The zero-order chi connectivity index (χ0) is 12.1. The minimum absolute atomic E-state index is 0.130. The van der Waals surface area contributed by atoms with E-state index >= 15 is 0 Å². The summed E-state index contributed by atoms with van der Waals surface area (Å²) in [5.74, 6) is -0.752. The van der Waals surface area contributed by atoms with Gasteiger partial charge in [0.2, 0.25) is 0 Å². The zero-order valence-corrected chi connectivity index (χ0v) is 9.48. The molecule has 0 saturated carbocycles. The van der Waals surface area contributed by atoms with Gasteiger partial charge in [0, 0.05) is 5.69 Å². The molecule has 7 heteroatoms. The van der Waals surface area contributed by atoms with Crippen LogP contribution in [0.4, 0.5) is 14.9 Å². The van der Waals surface area contributed by atoms with Gasteiger partial charge in [-0.05, 0) is 12.1 Å². The van der Waals surface area contributed by atoms with Gasteiger partial charge in [-0.2, -0.15) is 0 Å². The number of aliphatic hydroxyl groups excluding tert-OH is 1. The normalized spacial score (nSPS) is 10.0. The monoisotopic (exact) mass is 267 g/mol. The third kappa shape index (κ3) is 3.52. The van der Waals surface area contributed by atoms with Crippen molar-refractivity contribution < 1.29 is 19.0 Å². The topological polar surface area (TPSA) is 58.6 Å². The van der Waals surface area contributed by atoms with E-state index in [1.54, 1.807) is 0 Å². The highest BCUT2D eigenvalue weighted by Crippen LogP contribution is 2.27. The second-order valence-electron chi connectivity index (χ2n) is 2.74. The van der Waals surface area contributed by atoms with Gasteiger partial charge in [0.25, 0.3) is 0 Å². The lowest BCUT2D eigenvalue weighted by atomic mass is 10.3. The summed E-state index contributed by atoms with van der Waals surface area (Å²) < 4.78 is 17.5. The number of carbonyl (C=O) groups is 1. The number of benzene rings is 1. The highest BCUT2D eigenvalue weighted by Gasteiger charge is 2.09. The molecule has 0 aliphatic heterocycles. The summed E-state index contributed by atoms with van der Waals surface area (Å²) in [6.45, 7) is -0.410. The molecule has 4 nitrogen and oxygen atoms in total. The lowest BCUT2D eigenvalue weighted by Gasteiger charge is -2.07. The van der Waals surface area contributed by atoms with Crippen LogP contribution in [0.25, 0.3) is 0 Å². The molecule has 0 bridgehead atoms. The Bertz CT molecular complexity index is 377. The zero-order valence-electron chi connectivity index (χ0n) is 7.97. The van der Waals surface area contributed by atoms with Crippen LogP contribution in [0.2, 0.25) is 10.0 Å². The lowest BCUT2D eigenvalue weighted by Crippen LogP contribution is -2.15. The number of aliphatic hydroxyl groups is 1. The van der Waals surface area contributed by atoms with Crippen LogP contribution in [0.15, 0.2) is 12.1 Å². The molecule has 2 N–H and O–H groups in total.